The van der Waals surface area contributed by atoms with Crippen molar-refractivity contribution in [2.45, 2.75) is 6.18 Å². The summed E-state index contributed by atoms with van der Waals surface area (Å²) in [6, 6.07) is 8.73. The zero-order valence-electron chi connectivity index (χ0n) is 13.4. The molecule has 0 saturated carbocycles. The van der Waals surface area contributed by atoms with Crippen LogP contribution in [0.4, 0.5) is 18.9 Å². The lowest BCUT2D eigenvalue weighted by Crippen LogP contribution is -2.13. The smallest absolute Gasteiger partial charge is 0.416 e. The van der Waals surface area contributed by atoms with Gasteiger partial charge in [-0.3, -0.25) is 4.79 Å². The molecule has 7 nitrogen and oxygen atoms in total. The minimum atomic E-state index is -4.45. The standard InChI is InChI=1S/C16H12F3N5O2/c1-26-14-7-6-12(8-13(14)24-9-20-22-23-24)21-15(25)10-2-4-11(5-3-10)16(17,18)19/h2-9H,1H3,(H,21,25). The Kier molecular flexibility index (Phi) is 4.57. The van der Waals surface area contributed by atoms with Crippen LogP contribution in [0.25, 0.3) is 5.69 Å². The van der Waals surface area contributed by atoms with Gasteiger partial charge in [-0.05, 0) is 52.9 Å². The zero-order chi connectivity index (χ0) is 18.7. The fourth-order valence-electron chi connectivity index (χ4n) is 2.23. The van der Waals surface area contributed by atoms with E-state index in [4.69, 9.17) is 4.74 Å². The Labute approximate surface area is 145 Å². The summed E-state index contributed by atoms with van der Waals surface area (Å²) in [4.78, 5) is 12.3. The van der Waals surface area contributed by atoms with Gasteiger partial charge in [-0.15, -0.1) is 5.10 Å². The summed E-state index contributed by atoms with van der Waals surface area (Å²) >= 11 is 0. The lowest BCUT2D eigenvalue weighted by Gasteiger charge is -2.11. The summed E-state index contributed by atoms with van der Waals surface area (Å²) in [5.74, 6) is -0.0728. The number of carbonyl (C=O) groups excluding carboxylic acids is 1. The van der Waals surface area contributed by atoms with Crippen molar-refractivity contribution >= 4 is 11.6 Å². The summed E-state index contributed by atoms with van der Waals surface area (Å²) < 4.78 is 44.3. The summed E-state index contributed by atoms with van der Waals surface area (Å²) in [5, 5.41) is 13.5. The van der Waals surface area contributed by atoms with Crippen molar-refractivity contribution in [3.8, 4) is 11.4 Å². The highest BCUT2D eigenvalue weighted by Crippen LogP contribution is 2.29. The fraction of sp³-hybridized carbons (Fsp3) is 0.125. The highest BCUT2D eigenvalue weighted by atomic mass is 19.4. The molecule has 10 heteroatoms. The predicted molar refractivity (Wildman–Crippen MR) is 85.1 cm³/mol. The lowest BCUT2D eigenvalue weighted by molar-refractivity contribution is -0.137. The largest absolute Gasteiger partial charge is 0.494 e. The van der Waals surface area contributed by atoms with Crippen molar-refractivity contribution < 1.29 is 22.7 Å². The molecule has 2 aromatic carbocycles. The first-order valence-electron chi connectivity index (χ1n) is 7.28. The van der Waals surface area contributed by atoms with Gasteiger partial charge in [-0.2, -0.15) is 17.9 Å². The third kappa shape index (κ3) is 3.63. The molecule has 26 heavy (non-hydrogen) atoms. The molecule has 0 aliphatic rings. The fourth-order valence-corrected chi connectivity index (χ4v) is 2.23. The molecule has 134 valence electrons. The number of nitrogens with one attached hydrogen (secondary N) is 1. The molecule has 1 heterocycles. The topological polar surface area (TPSA) is 81.9 Å². The van der Waals surface area contributed by atoms with Crippen LogP contribution in [0.3, 0.4) is 0 Å². The van der Waals surface area contributed by atoms with Gasteiger partial charge < -0.3 is 10.1 Å². The van der Waals surface area contributed by atoms with Gasteiger partial charge in [-0.1, -0.05) is 0 Å². The quantitative estimate of drug-likeness (QED) is 0.771. The van der Waals surface area contributed by atoms with Gasteiger partial charge in [-0.25, -0.2) is 0 Å². The highest BCUT2D eigenvalue weighted by molar-refractivity contribution is 6.04. The number of methoxy groups -OCH3 is 1. The van der Waals surface area contributed by atoms with E-state index in [1.165, 1.54) is 18.1 Å². The first-order chi connectivity index (χ1) is 12.4. The number of hydrogen-bond donors (Lipinski definition) is 1. The van der Waals surface area contributed by atoms with Crippen LogP contribution in [-0.2, 0) is 6.18 Å². The van der Waals surface area contributed by atoms with Crippen LogP contribution in [0.15, 0.2) is 48.8 Å². The number of tetrazole rings is 1. The monoisotopic (exact) mass is 363 g/mol. The molecule has 0 saturated heterocycles. The number of amides is 1. The van der Waals surface area contributed by atoms with Crippen LogP contribution in [0.1, 0.15) is 15.9 Å². The Morgan fingerprint density at radius 2 is 1.88 bits per heavy atom. The number of ether oxygens (including phenoxy) is 1. The SMILES string of the molecule is COc1ccc(NC(=O)c2ccc(C(F)(F)F)cc2)cc1-n1cnnn1. The van der Waals surface area contributed by atoms with Crippen molar-refractivity contribution in [2.75, 3.05) is 12.4 Å². The van der Waals surface area contributed by atoms with Gasteiger partial charge >= 0.3 is 6.18 Å². The molecule has 3 aromatic rings. The van der Waals surface area contributed by atoms with E-state index >= 15 is 0 Å². The van der Waals surface area contributed by atoms with E-state index < -0.39 is 17.6 Å². The van der Waals surface area contributed by atoms with E-state index in [2.05, 4.69) is 20.8 Å². The van der Waals surface area contributed by atoms with Gasteiger partial charge in [0.15, 0.2) is 0 Å². The third-order valence-corrected chi connectivity index (χ3v) is 3.51. The van der Waals surface area contributed by atoms with E-state index in [0.29, 0.717) is 17.1 Å². The molecule has 0 unspecified atom stereocenters. The second-order valence-electron chi connectivity index (χ2n) is 5.17. The van der Waals surface area contributed by atoms with Gasteiger partial charge in [0, 0.05) is 11.3 Å². The number of hydrogen-bond acceptors (Lipinski definition) is 5. The normalized spacial score (nSPS) is 11.2. The van der Waals surface area contributed by atoms with Crippen LogP contribution in [-0.4, -0.2) is 33.2 Å². The minimum absolute atomic E-state index is 0.0952. The van der Waals surface area contributed by atoms with Crippen molar-refractivity contribution in [3.05, 3.63) is 59.9 Å². The average molecular weight is 363 g/mol. The molecule has 1 N–H and O–H groups in total. The second-order valence-corrected chi connectivity index (χ2v) is 5.17. The van der Waals surface area contributed by atoms with E-state index in [-0.39, 0.29) is 5.56 Å². The van der Waals surface area contributed by atoms with Crippen molar-refractivity contribution in [3.63, 3.8) is 0 Å². The molecule has 0 aliphatic heterocycles. The predicted octanol–water partition coefficient (Wildman–Crippen LogP) is 2.94. The molecule has 0 bridgehead atoms. The highest BCUT2D eigenvalue weighted by Gasteiger charge is 2.30. The Balaban J connectivity index is 1.82. The molecule has 1 amide bonds. The zero-order valence-corrected chi connectivity index (χ0v) is 13.4. The number of aromatic nitrogens is 4. The number of alkyl halides is 3. The third-order valence-electron chi connectivity index (χ3n) is 3.51. The van der Waals surface area contributed by atoms with Gasteiger partial charge in [0.25, 0.3) is 5.91 Å². The minimum Gasteiger partial charge on any atom is -0.494 e. The molecule has 0 spiro atoms. The molecular formula is C16H12F3N5O2. The Morgan fingerprint density at radius 3 is 2.46 bits per heavy atom. The van der Waals surface area contributed by atoms with Crippen LogP contribution < -0.4 is 10.1 Å². The van der Waals surface area contributed by atoms with Crippen molar-refractivity contribution in [1.29, 1.82) is 0 Å². The average Bonchev–Trinajstić information content (AvgIpc) is 3.15. The molecular weight excluding hydrogens is 351 g/mol. The molecule has 0 aliphatic carbocycles. The number of rotatable bonds is 4. The van der Waals surface area contributed by atoms with Gasteiger partial charge in [0.2, 0.25) is 0 Å². The number of anilines is 1. The molecule has 3 rings (SSSR count). The number of halogens is 3. The summed E-state index contributed by atoms with van der Waals surface area (Å²) in [5.41, 5.74) is 0.168. The summed E-state index contributed by atoms with van der Waals surface area (Å²) in [6.07, 6.45) is -3.09. The maximum absolute atomic E-state index is 12.6. The maximum Gasteiger partial charge on any atom is 0.416 e. The Morgan fingerprint density at radius 1 is 1.15 bits per heavy atom. The molecule has 0 fully saturated rings. The molecule has 1 aromatic heterocycles. The summed E-state index contributed by atoms with van der Waals surface area (Å²) in [6.45, 7) is 0. The van der Waals surface area contributed by atoms with Crippen LogP contribution in [0.2, 0.25) is 0 Å². The van der Waals surface area contributed by atoms with E-state index in [1.54, 1.807) is 18.2 Å². The maximum atomic E-state index is 12.6. The van der Waals surface area contributed by atoms with Crippen LogP contribution in [0.5, 0.6) is 5.75 Å². The summed E-state index contributed by atoms with van der Waals surface area (Å²) in [7, 11) is 1.48. The first-order valence-corrected chi connectivity index (χ1v) is 7.28. The Bertz CT molecular complexity index is 909. The van der Waals surface area contributed by atoms with E-state index in [9.17, 15) is 18.0 Å². The molecule has 0 radical (unpaired) electrons. The second kappa shape index (κ2) is 6.82. The number of nitrogens with zero attached hydrogens (tertiary/aromatic N) is 4. The molecule has 0 atom stereocenters. The van der Waals surface area contributed by atoms with Gasteiger partial charge in [0.05, 0.1) is 12.7 Å². The number of benzene rings is 2. The Hall–Kier alpha value is -3.43. The van der Waals surface area contributed by atoms with Crippen molar-refractivity contribution in [2.24, 2.45) is 0 Å². The van der Waals surface area contributed by atoms with E-state index in [0.717, 1.165) is 24.3 Å². The first kappa shape index (κ1) is 17.4. The van der Waals surface area contributed by atoms with Gasteiger partial charge in [0.1, 0.15) is 17.8 Å². The van der Waals surface area contributed by atoms with Crippen LogP contribution in [0, 0.1) is 0 Å². The van der Waals surface area contributed by atoms with E-state index in [1.807, 2.05) is 0 Å². The van der Waals surface area contributed by atoms with Crippen molar-refractivity contribution in [1.82, 2.24) is 20.2 Å². The number of carbonyl (C=O) groups is 1. The van der Waals surface area contributed by atoms with Crippen LogP contribution >= 0.6 is 0 Å². The lowest BCUT2D eigenvalue weighted by atomic mass is 10.1.